The van der Waals surface area contributed by atoms with Crippen molar-refractivity contribution in [2.75, 3.05) is 0 Å². The van der Waals surface area contributed by atoms with Gasteiger partial charge >= 0.3 is 7.82 Å². The lowest BCUT2D eigenvalue weighted by Gasteiger charge is -2.21. The summed E-state index contributed by atoms with van der Waals surface area (Å²) in [5, 5.41) is 0. The largest absolute Gasteiger partial charge is 0.470 e. The molecule has 0 aliphatic heterocycles. The third-order valence-electron chi connectivity index (χ3n) is 1.98. The number of benzene rings is 1. The third-order valence-corrected chi connectivity index (χ3v) is 2.49. The zero-order valence-corrected chi connectivity index (χ0v) is 9.59. The van der Waals surface area contributed by atoms with Crippen molar-refractivity contribution in [3.63, 3.8) is 0 Å². The number of hydrogen-bond donors (Lipinski definition) is 2. The van der Waals surface area contributed by atoms with Crippen molar-refractivity contribution in [2.24, 2.45) is 5.92 Å². The van der Waals surface area contributed by atoms with Crippen LogP contribution in [0.5, 0.6) is 0 Å². The molecule has 0 amide bonds. The van der Waals surface area contributed by atoms with Crippen molar-refractivity contribution >= 4 is 7.82 Å². The molecule has 0 radical (unpaired) electrons. The molecule has 0 fully saturated rings. The molecule has 15 heavy (non-hydrogen) atoms. The quantitative estimate of drug-likeness (QED) is 0.780. The maximum atomic E-state index is 10.8. The summed E-state index contributed by atoms with van der Waals surface area (Å²) in [6.07, 6.45) is -0.577. The summed E-state index contributed by atoms with van der Waals surface area (Å²) >= 11 is 0. The Morgan fingerprint density at radius 2 is 1.73 bits per heavy atom. The van der Waals surface area contributed by atoms with Gasteiger partial charge in [0.1, 0.15) is 0 Å². The summed E-state index contributed by atoms with van der Waals surface area (Å²) < 4.78 is 15.5. The van der Waals surface area contributed by atoms with Crippen LogP contribution in [0.1, 0.15) is 25.5 Å². The number of phosphoric acid groups is 1. The van der Waals surface area contributed by atoms with Crippen LogP contribution in [0.15, 0.2) is 30.3 Å². The van der Waals surface area contributed by atoms with Crippen molar-refractivity contribution in [1.29, 1.82) is 0 Å². The Kier molecular flexibility index (Phi) is 4.05. The summed E-state index contributed by atoms with van der Waals surface area (Å²) in [6, 6.07) is 9.06. The van der Waals surface area contributed by atoms with E-state index >= 15 is 0 Å². The lowest BCUT2D eigenvalue weighted by Crippen LogP contribution is -2.09. The van der Waals surface area contributed by atoms with Gasteiger partial charge in [-0.05, 0) is 11.5 Å². The fourth-order valence-corrected chi connectivity index (χ4v) is 2.02. The molecule has 2 N–H and O–H groups in total. The van der Waals surface area contributed by atoms with E-state index in [2.05, 4.69) is 0 Å². The predicted molar refractivity (Wildman–Crippen MR) is 57.2 cm³/mol. The second kappa shape index (κ2) is 4.90. The van der Waals surface area contributed by atoms with E-state index in [4.69, 9.17) is 14.3 Å². The fraction of sp³-hybridized carbons (Fsp3) is 0.400. The normalized spacial score (nSPS) is 14.2. The number of phosphoric ester groups is 1. The van der Waals surface area contributed by atoms with Crippen molar-refractivity contribution < 1.29 is 18.9 Å². The molecule has 5 heteroatoms. The highest BCUT2D eigenvalue weighted by Crippen LogP contribution is 2.44. The molecule has 1 unspecified atom stereocenters. The van der Waals surface area contributed by atoms with Crippen molar-refractivity contribution in [3.05, 3.63) is 35.9 Å². The van der Waals surface area contributed by atoms with E-state index in [-0.39, 0.29) is 5.92 Å². The topological polar surface area (TPSA) is 66.8 Å². The Bertz CT molecular complexity index is 344. The monoisotopic (exact) mass is 230 g/mol. The Balaban J connectivity index is 2.90. The van der Waals surface area contributed by atoms with E-state index in [1.54, 1.807) is 12.1 Å². The smallest absolute Gasteiger partial charge is 0.303 e. The highest BCUT2D eigenvalue weighted by Gasteiger charge is 2.25. The highest BCUT2D eigenvalue weighted by molar-refractivity contribution is 7.46. The molecule has 0 bridgehead atoms. The van der Waals surface area contributed by atoms with Crippen molar-refractivity contribution in [3.8, 4) is 0 Å². The maximum Gasteiger partial charge on any atom is 0.470 e. The molecule has 4 nitrogen and oxygen atoms in total. The zero-order chi connectivity index (χ0) is 11.5. The molecule has 1 atom stereocenters. The summed E-state index contributed by atoms with van der Waals surface area (Å²) in [4.78, 5) is 17.6. The van der Waals surface area contributed by atoms with Gasteiger partial charge in [0.05, 0.1) is 6.10 Å². The minimum atomic E-state index is -4.44. The summed E-state index contributed by atoms with van der Waals surface area (Å²) in [7, 11) is -4.44. The maximum absolute atomic E-state index is 10.8. The third kappa shape index (κ3) is 4.14. The molecule has 0 aliphatic carbocycles. The van der Waals surface area contributed by atoms with Crippen LogP contribution in [-0.2, 0) is 9.09 Å². The van der Waals surface area contributed by atoms with Gasteiger partial charge in [-0.25, -0.2) is 4.57 Å². The van der Waals surface area contributed by atoms with E-state index in [1.165, 1.54) is 0 Å². The van der Waals surface area contributed by atoms with E-state index in [0.717, 1.165) is 5.56 Å². The molecule has 0 saturated heterocycles. The number of rotatable bonds is 4. The Morgan fingerprint density at radius 1 is 1.20 bits per heavy atom. The van der Waals surface area contributed by atoms with Crippen molar-refractivity contribution in [1.82, 2.24) is 0 Å². The minimum absolute atomic E-state index is 0.0000231. The first kappa shape index (κ1) is 12.4. The molecule has 0 aromatic heterocycles. The van der Waals surface area contributed by atoms with E-state index in [9.17, 15) is 4.57 Å². The first-order chi connectivity index (χ1) is 6.90. The van der Waals surface area contributed by atoms with Crippen LogP contribution in [0.2, 0.25) is 0 Å². The van der Waals surface area contributed by atoms with E-state index < -0.39 is 13.9 Å². The second-order valence-corrected chi connectivity index (χ2v) is 4.86. The molecule has 0 spiro atoms. The van der Waals surface area contributed by atoms with Gasteiger partial charge in [-0.15, -0.1) is 0 Å². The number of hydrogen-bond acceptors (Lipinski definition) is 2. The van der Waals surface area contributed by atoms with Gasteiger partial charge < -0.3 is 9.79 Å². The van der Waals surface area contributed by atoms with Crippen LogP contribution in [0.3, 0.4) is 0 Å². The highest BCUT2D eigenvalue weighted by atomic mass is 31.2. The SMILES string of the molecule is CC(C)C(OP(=O)(O)O)c1ccccc1. The van der Waals surface area contributed by atoms with Crippen LogP contribution in [0.4, 0.5) is 0 Å². The summed E-state index contributed by atoms with van der Waals surface area (Å²) in [5.41, 5.74) is 0.774. The molecular weight excluding hydrogens is 215 g/mol. The molecule has 0 saturated carbocycles. The lowest BCUT2D eigenvalue weighted by molar-refractivity contribution is 0.100. The Hall–Kier alpha value is -0.670. The van der Waals surface area contributed by atoms with Gasteiger partial charge in [0.25, 0.3) is 0 Å². The molecule has 0 aliphatic rings. The van der Waals surface area contributed by atoms with Crippen LogP contribution >= 0.6 is 7.82 Å². The van der Waals surface area contributed by atoms with Gasteiger partial charge in [0.2, 0.25) is 0 Å². The van der Waals surface area contributed by atoms with Crippen molar-refractivity contribution in [2.45, 2.75) is 20.0 Å². The minimum Gasteiger partial charge on any atom is -0.303 e. The summed E-state index contributed by atoms with van der Waals surface area (Å²) in [6.45, 7) is 3.71. The van der Waals surface area contributed by atoms with Crippen LogP contribution in [-0.4, -0.2) is 9.79 Å². The molecule has 1 rings (SSSR count). The average Bonchev–Trinajstić information content (AvgIpc) is 2.14. The van der Waals surface area contributed by atoms with E-state index in [1.807, 2.05) is 32.0 Å². The van der Waals surface area contributed by atoms with Crippen LogP contribution in [0, 0.1) is 5.92 Å². The molecule has 1 aromatic rings. The standard InChI is InChI=1S/C10H15O4P/c1-8(2)10(14-15(11,12)13)9-6-4-3-5-7-9/h3-8,10H,1-2H3,(H2,11,12,13). The zero-order valence-electron chi connectivity index (χ0n) is 8.70. The van der Waals surface area contributed by atoms with Gasteiger partial charge in [-0.3, -0.25) is 4.52 Å². The molecule has 84 valence electrons. The first-order valence-electron chi connectivity index (χ1n) is 4.69. The first-order valence-corrected chi connectivity index (χ1v) is 6.22. The Labute approximate surface area is 89.1 Å². The van der Waals surface area contributed by atoms with Crippen LogP contribution in [0.25, 0.3) is 0 Å². The second-order valence-electron chi connectivity index (χ2n) is 3.67. The van der Waals surface area contributed by atoms with E-state index in [0.29, 0.717) is 0 Å². The fourth-order valence-electron chi connectivity index (χ4n) is 1.36. The average molecular weight is 230 g/mol. The van der Waals surface area contributed by atoms with Crippen LogP contribution < -0.4 is 0 Å². The molecular formula is C10H15O4P. The molecule has 0 heterocycles. The molecule has 1 aromatic carbocycles. The predicted octanol–water partition coefficient (Wildman–Crippen LogP) is 2.49. The van der Waals surface area contributed by atoms with Gasteiger partial charge in [0, 0.05) is 0 Å². The van der Waals surface area contributed by atoms with Gasteiger partial charge in [0.15, 0.2) is 0 Å². The lowest BCUT2D eigenvalue weighted by atomic mass is 9.99. The Morgan fingerprint density at radius 3 is 2.13 bits per heavy atom. The van der Waals surface area contributed by atoms with Gasteiger partial charge in [-0.2, -0.15) is 0 Å². The summed E-state index contributed by atoms with van der Waals surface area (Å²) in [5.74, 6) is 0.0000231. The van der Waals surface area contributed by atoms with Gasteiger partial charge in [-0.1, -0.05) is 44.2 Å².